The Hall–Kier alpha value is -6.08. The van der Waals surface area contributed by atoms with Gasteiger partial charge in [-0.15, -0.1) is 17.9 Å². The second kappa shape index (κ2) is 18.1. The van der Waals surface area contributed by atoms with Gasteiger partial charge in [-0.25, -0.2) is 9.98 Å². The van der Waals surface area contributed by atoms with Crippen LogP contribution in [-0.2, 0) is 12.8 Å². The van der Waals surface area contributed by atoms with Crippen molar-refractivity contribution >= 4 is 40.5 Å². The summed E-state index contributed by atoms with van der Waals surface area (Å²) in [6.45, 7) is 0.758. The summed E-state index contributed by atoms with van der Waals surface area (Å²) in [5.41, 5.74) is 18.3. The molecule has 0 amide bonds. The van der Waals surface area contributed by atoms with Gasteiger partial charge in [0, 0.05) is 50.2 Å². The normalized spacial score (nSPS) is 28.3. The largest absolute Gasteiger partial charge is 0.651 e. The fourth-order valence-corrected chi connectivity index (χ4v) is 14.2. The second-order valence-corrected chi connectivity index (χ2v) is 21.2. The Morgan fingerprint density at radius 3 is 2.37 bits per heavy atom. The Labute approximate surface area is 406 Å². The third-order valence-electron chi connectivity index (χ3n) is 16.1. The molecule has 0 fully saturated rings. The summed E-state index contributed by atoms with van der Waals surface area (Å²) in [4.78, 5) is 16.7. The lowest BCUT2D eigenvalue weighted by atomic mass is 9.72. The quantitative estimate of drug-likeness (QED) is 0.229. The highest BCUT2D eigenvalue weighted by Gasteiger charge is 2.45. The predicted molar refractivity (Wildman–Crippen MR) is 285 cm³/mol. The Kier molecular flexibility index (Phi) is 11.2. The summed E-state index contributed by atoms with van der Waals surface area (Å²) in [5.74, 6) is 2.89. The van der Waals surface area contributed by atoms with E-state index in [4.69, 9.17) is 15.3 Å². The van der Waals surface area contributed by atoms with E-state index in [0.717, 1.165) is 106 Å². The maximum absolute atomic E-state index is 5.86. The van der Waals surface area contributed by atoms with Crippen molar-refractivity contribution in [3.63, 3.8) is 0 Å². The topological polar surface area (TPSA) is 54.1 Å². The molecule has 340 valence electrons. The molecule has 1 aromatic heterocycles. The first kappa shape index (κ1) is 42.1. The molecule has 7 aliphatic carbocycles. The van der Waals surface area contributed by atoms with Gasteiger partial charge in [0.1, 0.15) is 11.7 Å². The van der Waals surface area contributed by atoms with Crippen molar-refractivity contribution in [3.8, 4) is 0 Å². The van der Waals surface area contributed by atoms with Crippen LogP contribution in [0.15, 0.2) is 200 Å². The molecule has 10 aliphatic rings. The molecule has 1 N–H and O–H groups in total. The number of para-hydroxylation sites is 1. The number of nitrogens with one attached hydrogen (secondary N) is 1. The predicted octanol–water partition coefficient (Wildman–Crippen LogP) is 14.7. The fourth-order valence-electron chi connectivity index (χ4n) is 12.9. The Morgan fingerprint density at radius 2 is 1.54 bits per heavy atom. The number of aryl methyl sites for hydroxylation is 1. The minimum absolute atomic E-state index is 0.106. The summed E-state index contributed by atoms with van der Waals surface area (Å²) < 4.78 is 0. The summed E-state index contributed by atoms with van der Waals surface area (Å²) >= 11 is 2.06. The van der Waals surface area contributed by atoms with E-state index < -0.39 is 0 Å². The van der Waals surface area contributed by atoms with Gasteiger partial charge in [0.15, 0.2) is 6.17 Å². The highest BCUT2D eigenvalue weighted by atomic mass is 32.1. The average Bonchev–Trinajstić information content (AvgIpc) is 3.97. The number of anilines is 1. The molecule has 3 aliphatic heterocycles. The molecular formula is C62H60N5S-. The van der Waals surface area contributed by atoms with Gasteiger partial charge >= 0.3 is 0 Å². The van der Waals surface area contributed by atoms with Crippen LogP contribution < -0.4 is 10.2 Å². The molecule has 5 nitrogen and oxygen atoms in total. The third kappa shape index (κ3) is 7.65. The highest BCUT2D eigenvalue weighted by Crippen LogP contribution is 2.55. The summed E-state index contributed by atoms with van der Waals surface area (Å²) in [6.07, 6.45) is 49.9. The number of amidine groups is 2. The van der Waals surface area contributed by atoms with Gasteiger partial charge in [-0.3, -0.25) is 0 Å². The van der Waals surface area contributed by atoms with Crippen LogP contribution >= 0.6 is 11.3 Å². The highest BCUT2D eigenvalue weighted by molar-refractivity contribution is 7.13. The summed E-state index contributed by atoms with van der Waals surface area (Å²) in [7, 11) is 0. The van der Waals surface area contributed by atoms with E-state index in [2.05, 4.69) is 173 Å². The first-order valence-corrected chi connectivity index (χ1v) is 26.5. The maximum Gasteiger partial charge on any atom is 0.169 e. The van der Waals surface area contributed by atoms with E-state index >= 15 is 0 Å². The summed E-state index contributed by atoms with van der Waals surface area (Å²) in [5, 5.41) is 9.75. The van der Waals surface area contributed by atoms with Crippen LogP contribution in [0.3, 0.4) is 0 Å². The van der Waals surface area contributed by atoms with Crippen LogP contribution in [0.25, 0.3) is 17.1 Å². The van der Waals surface area contributed by atoms with E-state index in [1.54, 1.807) is 21.6 Å². The molecule has 0 spiro atoms. The van der Waals surface area contributed by atoms with Crippen molar-refractivity contribution in [1.82, 2.24) is 5.32 Å². The van der Waals surface area contributed by atoms with Crippen LogP contribution in [-0.4, -0.2) is 30.3 Å². The molecular weight excluding hydrogens is 847 g/mol. The number of allylic oxidation sites excluding steroid dienone is 14. The van der Waals surface area contributed by atoms with Gasteiger partial charge in [0.2, 0.25) is 0 Å². The SMILES string of the molecule is C1=CCCC(C2=CCC(C3=CCCC=C3)C(C3C=C(C4=NC(c5ccccc5)N=C(C5=CCCC=C5)N4)C(C4=Cc5sc6c(c5CC4)C4=C(CC6)C5CC=CCC5N4c4ccccc4)[N-]C3)=C2)=C1. The fraction of sp³-hybridized carbons (Fsp3) is 0.323. The van der Waals surface area contributed by atoms with Crippen molar-refractivity contribution in [1.29, 1.82) is 0 Å². The van der Waals surface area contributed by atoms with Crippen molar-refractivity contribution in [3.05, 3.63) is 222 Å². The minimum atomic E-state index is -0.350. The van der Waals surface area contributed by atoms with Crippen molar-refractivity contribution in [2.75, 3.05) is 11.4 Å². The van der Waals surface area contributed by atoms with Crippen LogP contribution in [0.4, 0.5) is 5.69 Å². The molecule has 6 atom stereocenters. The molecule has 4 heterocycles. The number of thiophene rings is 1. The van der Waals surface area contributed by atoms with Gasteiger partial charge in [-0.1, -0.05) is 151 Å². The zero-order valence-electron chi connectivity index (χ0n) is 39.0. The maximum atomic E-state index is 5.86. The molecule has 0 saturated heterocycles. The lowest BCUT2D eigenvalue weighted by Gasteiger charge is -2.46. The number of benzene rings is 2. The summed E-state index contributed by atoms with van der Waals surface area (Å²) in [6, 6.07) is 22.3. The van der Waals surface area contributed by atoms with Crippen LogP contribution in [0, 0.1) is 17.8 Å². The van der Waals surface area contributed by atoms with Crippen molar-refractivity contribution in [2.24, 2.45) is 27.7 Å². The molecule has 0 radical (unpaired) electrons. The van der Waals surface area contributed by atoms with Crippen LogP contribution in [0.2, 0.25) is 0 Å². The Morgan fingerprint density at radius 1 is 0.706 bits per heavy atom. The monoisotopic (exact) mass is 906 g/mol. The van der Waals surface area contributed by atoms with Gasteiger partial charge in [0.25, 0.3) is 0 Å². The molecule has 6 heteroatoms. The molecule has 6 unspecified atom stereocenters. The smallest absolute Gasteiger partial charge is 0.169 e. The minimum Gasteiger partial charge on any atom is -0.651 e. The zero-order chi connectivity index (χ0) is 45.0. The van der Waals surface area contributed by atoms with E-state index in [-0.39, 0.29) is 18.1 Å². The van der Waals surface area contributed by atoms with Gasteiger partial charge in [-0.2, -0.15) is 0 Å². The number of fused-ring (bicyclic) bond motifs is 6. The standard InChI is InChI=1S/C62H60N5S/c1-6-18-40(19-7-1)44-30-32-48(41-20-8-2-9-21-41)52(36-44)46-37-53(62-65-60(42-22-10-3-11-23-42)64-61(66-62)43-24-12-4-13-25-43)58(63-39-46)45-31-33-51-56(38-45)68-55-35-34-50-49-28-16-17-29-54(49)67(59(50)57(51)55)47-26-14-5-15-27-47/h1,3,5-6,8,10-12,14-18,20-27,30,36-38,46,48-49,54,58,60H,2,4,7,9,13,19,28-29,31-35,39H2,(H,64,65,66)/q-1. The molecule has 2 aromatic carbocycles. The van der Waals surface area contributed by atoms with E-state index in [0.29, 0.717) is 17.9 Å². The number of aliphatic imine (C=N–C) groups is 2. The lowest BCUT2D eigenvalue weighted by Crippen LogP contribution is -2.41. The first-order chi connectivity index (χ1) is 33.7. The van der Waals surface area contributed by atoms with Gasteiger partial charge in [-0.05, 0) is 147 Å². The molecule has 13 rings (SSSR count). The van der Waals surface area contributed by atoms with Crippen LogP contribution in [0.5, 0.6) is 0 Å². The van der Waals surface area contributed by atoms with Gasteiger partial charge in [0.05, 0.1) is 0 Å². The Bertz CT molecular complexity index is 2990. The van der Waals surface area contributed by atoms with E-state index in [9.17, 15) is 0 Å². The van der Waals surface area contributed by atoms with Crippen molar-refractivity contribution in [2.45, 2.75) is 102 Å². The molecule has 3 aromatic rings. The van der Waals surface area contributed by atoms with E-state index in [1.165, 1.54) is 56.1 Å². The van der Waals surface area contributed by atoms with E-state index in [1.807, 2.05) is 0 Å². The number of rotatable bonds is 8. The molecule has 68 heavy (non-hydrogen) atoms. The molecule has 0 saturated carbocycles. The third-order valence-corrected chi connectivity index (χ3v) is 17.4. The first-order valence-electron chi connectivity index (χ1n) is 25.7. The number of hydrogen-bond donors (Lipinski definition) is 1. The average molecular weight is 907 g/mol. The van der Waals surface area contributed by atoms with Crippen molar-refractivity contribution < 1.29 is 0 Å². The number of hydrogen-bond acceptors (Lipinski definition) is 5. The number of nitrogens with zero attached hydrogens (tertiary/aromatic N) is 4. The lowest BCUT2D eigenvalue weighted by molar-refractivity contribution is 0.482. The Balaban J connectivity index is 0.924. The second-order valence-electron chi connectivity index (χ2n) is 20.1. The molecule has 0 bridgehead atoms. The van der Waals surface area contributed by atoms with Gasteiger partial charge < -0.3 is 15.5 Å². The zero-order valence-corrected chi connectivity index (χ0v) is 39.8. The van der Waals surface area contributed by atoms with Crippen LogP contribution in [0.1, 0.15) is 103 Å².